The zero-order chi connectivity index (χ0) is 20.2. The zero-order valence-corrected chi connectivity index (χ0v) is 16.5. The summed E-state index contributed by atoms with van der Waals surface area (Å²) in [5.74, 6) is 1.47. The van der Waals surface area contributed by atoms with Gasteiger partial charge in [-0.1, -0.05) is 0 Å². The third-order valence-corrected chi connectivity index (χ3v) is 5.19. The van der Waals surface area contributed by atoms with Crippen molar-refractivity contribution in [2.24, 2.45) is 0 Å². The first-order valence-electron chi connectivity index (χ1n) is 9.84. The first-order chi connectivity index (χ1) is 14.2. The van der Waals surface area contributed by atoms with Crippen LogP contribution in [-0.2, 0) is 9.47 Å². The van der Waals surface area contributed by atoms with Crippen molar-refractivity contribution >= 4 is 23.9 Å². The van der Waals surface area contributed by atoms with E-state index < -0.39 is 0 Å². The second-order valence-corrected chi connectivity index (χ2v) is 7.14. The number of nitrogens with zero attached hydrogens (tertiary/aromatic N) is 5. The van der Waals surface area contributed by atoms with Crippen LogP contribution < -0.4 is 16.0 Å². The number of nitrogens with one attached hydrogen (secondary N) is 2. The van der Waals surface area contributed by atoms with E-state index in [1.807, 2.05) is 6.92 Å². The highest BCUT2D eigenvalue weighted by Crippen LogP contribution is 2.30. The van der Waals surface area contributed by atoms with Crippen LogP contribution >= 0.6 is 0 Å². The second-order valence-electron chi connectivity index (χ2n) is 7.14. The van der Waals surface area contributed by atoms with E-state index >= 15 is 0 Å². The second kappa shape index (κ2) is 8.66. The molecule has 0 aliphatic carbocycles. The molecule has 4 rings (SSSR count). The van der Waals surface area contributed by atoms with Crippen LogP contribution in [0, 0.1) is 12.3 Å². The number of nitrogen functional groups attached to an aromatic ring is 1. The number of nitrogens with two attached hydrogens (primary N) is 1. The van der Waals surface area contributed by atoms with Gasteiger partial charge in [-0.05, 0) is 19.8 Å². The van der Waals surface area contributed by atoms with Gasteiger partial charge in [0.15, 0.2) is 0 Å². The maximum Gasteiger partial charge on any atom is 0.228 e. The Hall–Kier alpha value is -2.85. The van der Waals surface area contributed by atoms with Gasteiger partial charge in [0.05, 0.1) is 30.2 Å². The Morgan fingerprint density at radius 1 is 1.14 bits per heavy atom. The summed E-state index contributed by atoms with van der Waals surface area (Å²) in [7, 11) is 0. The van der Waals surface area contributed by atoms with Crippen LogP contribution in [0.4, 0.5) is 17.7 Å². The average Bonchev–Trinajstić information content (AvgIpc) is 2.75. The van der Waals surface area contributed by atoms with Gasteiger partial charge in [-0.3, -0.25) is 0 Å². The van der Waals surface area contributed by atoms with Crippen LogP contribution in [0.5, 0.6) is 0 Å². The minimum Gasteiger partial charge on any atom is -0.381 e. The van der Waals surface area contributed by atoms with Crippen molar-refractivity contribution in [3.8, 4) is 11.3 Å². The average molecular weight is 398 g/mol. The van der Waals surface area contributed by atoms with E-state index in [1.165, 1.54) is 6.21 Å². The Bertz CT molecular complexity index is 879. The van der Waals surface area contributed by atoms with Gasteiger partial charge >= 0.3 is 0 Å². The fraction of sp³-hybridized carbons (Fsp3) is 0.526. The normalized spacial score (nSPS) is 17.9. The van der Waals surface area contributed by atoms with Crippen LogP contribution in [0.1, 0.15) is 24.1 Å². The van der Waals surface area contributed by atoms with E-state index in [9.17, 15) is 0 Å². The maximum absolute atomic E-state index is 8.05. The summed E-state index contributed by atoms with van der Waals surface area (Å²) in [6.07, 6.45) is 4.74. The highest BCUT2D eigenvalue weighted by atomic mass is 16.5. The van der Waals surface area contributed by atoms with Gasteiger partial charge in [0.2, 0.25) is 11.9 Å². The van der Waals surface area contributed by atoms with Gasteiger partial charge in [-0.2, -0.15) is 4.98 Å². The molecule has 2 aliphatic rings. The van der Waals surface area contributed by atoms with Crippen molar-refractivity contribution < 1.29 is 9.47 Å². The summed E-state index contributed by atoms with van der Waals surface area (Å²) >= 11 is 0. The first-order valence-corrected chi connectivity index (χ1v) is 9.84. The van der Waals surface area contributed by atoms with Gasteiger partial charge < -0.3 is 30.8 Å². The standard InChI is InChI=1S/C19H26N8O2/c1-12-15(11-22-18(21)23-12)16-14(10-20)17(24-13-2-6-28-7-3-13)26-19(25-16)27-4-8-29-9-5-27/h10-11,13,20H,2-9H2,1H3,(H2,21,22,23)(H,24,25,26). The molecule has 0 atom stereocenters. The quantitative estimate of drug-likeness (QED) is 0.636. The van der Waals surface area contributed by atoms with Crippen LogP contribution in [0.3, 0.4) is 0 Å². The fourth-order valence-electron chi connectivity index (χ4n) is 3.57. The number of hydrogen-bond acceptors (Lipinski definition) is 10. The number of morpholine rings is 1. The van der Waals surface area contributed by atoms with E-state index in [0.29, 0.717) is 41.9 Å². The minimum atomic E-state index is 0.214. The monoisotopic (exact) mass is 398 g/mol. The zero-order valence-electron chi connectivity index (χ0n) is 16.5. The number of aryl methyl sites for hydroxylation is 1. The van der Waals surface area contributed by atoms with E-state index in [2.05, 4.69) is 20.2 Å². The molecule has 0 saturated carbocycles. The molecule has 0 radical (unpaired) electrons. The number of ether oxygens (including phenoxy) is 2. The molecule has 2 saturated heterocycles. The molecule has 154 valence electrons. The van der Waals surface area contributed by atoms with E-state index in [1.54, 1.807) is 6.20 Å². The lowest BCUT2D eigenvalue weighted by Gasteiger charge is -2.29. The maximum atomic E-state index is 8.05. The summed E-state index contributed by atoms with van der Waals surface area (Å²) in [5.41, 5.74) is 8.43. The lowest BCUT2D eigenvalue weighted by atomic mass is 10.1. The van der Waals surface area contributed by atoms with Gasteiger partial charge in [0.1, 0.15) is 5.82 Å². The smallest absolute Gasteiger partial charge is 0.228 e. The Balaban J connectivity index is 1.80. The fourth-order valence-corrected chi connectivity index (χ4v) is 3.57. The highest BCUT2D eigenvalue weighted by Gasteiger charge is 2.23. The van der Waals surface area contributed by atoms with Crippen LogP contribution in [-0.4, -0.2) is 71.7 Å². The topological polar surface area (TPSA) is 135 Å². The molecule has 10 heteroatoms. The minimum absolute atomic E-state index is 0.214. The van der Waals surface area contributed by atoms with Crippen molar-refractivity contribution in [1.29, 1.82) is 5.41 Å². The molecule has 2 fully saturated rings. The van der Waals surface area contributed by atoms with Crippen molar-refractivity contribution in [1.82, 2.24) is 19.9 Å². The third-order valence-electron chi connectivity index (χ3n) is 5.19. The Morgan fingerprint density at radius 3 is 2.55 bits per heavy atom. The predicted molar refractivity (Wildman–Crippen MR) is 111 cm³/mol. The Labute approximate surface area is 169 Å². The molecule has 0 unspecified atom stereocenters. The van der Waals surface area contributed by atoms with Gasteiger partial charge in [-0.25, -0.2) is 15.0 Å². The van der Waals surface area contributed by atoms with E-state index in [0.717, 1.165) is 44.7 Å². The molecule has 2 aromatic heterocycles. The van der Waals surface area contributed by atoms with E-state index in [4.69, 9.17) is 30.6 Å². The predicted octanol–water partition coefficient (Wildman–Crippen LogP) is 1.25. The van der Waals surface area contributed by atoms with Crippen molar-refractivity contribution in [2.45, 2.75) is 25.8 Å². The summed E-state index contributed by atoms with van der Waals surface area (Å²) in [6, 6.07) is 0.242. The Morgan fingerprint density at radius 2 is 1.86 bits per heavy atom. The summed E-state index contributed by atoms with van der Waals surface area (Å²) in [5, 5.41) is 11.6. The van der Waals surface area contributed by atoms with Gasteiger partial charge in [-0.15, -0.1) is 0 Å². The molecule has 4 heterocycles. The summed E-state index contributed by atoms with van der Waals surface area (Å²) in [4.78, 5) is 20.1. The number of hydrogen-bond donors (Lipinski definition) is 3. The number of aromatic nitrogens is 4. The third kappa shape index (κ3) is 4.28. The van der Waals surface area contributed by atoms with Crippen LogP contribution in [0.2, 0.25) is 0 Å². The molecule has 2 aromatic rings. The molecule has 4 N–H and O–H groups in total. The van der Waals surface area contributed by atoms with Crippen molar-refractivity contribution in [3.63, 3.8) is 0 Å². The lowest BCUT2D eigenvalue weighted by Crippen LogP contribution is -2.38. The Kier molecular flexibility index (Phi) is 5.81. The molecule has 2 aliphatic heterocycles. The molecule has 0 spiro atoms. The lowest BCUT2D eigenvalue weighted by molar-refractivity contribution is 0.0904. The summed E-state index contributed by atoms with van der Waals surface area (Å²) < 4.78 is 10.9. The number of anilines is 3. The molecular formula is C19H26N8O2. The van der Waals surface area contributed by atoms with Gasteiger partial charge in [0, 0.05) is 50.3 Å². The first kappa shape index (κ1) is 19.5. The molecule has 10 nitrogen and oxygen atoms in total. The largest absolute Gasteiger partial charge is 0.381 e. The molecule has 29 heavy (non-hydrogen) atoms. The number of rotatable bonds is 5. The highest BCUT2D eigenvalue weighted by molar-refractivity contribution is 5.93. The SMILES string of the molecule is Cc1nc(N)ncc1-c1nc(N2CCOCC2)nc(NC2CCOCC2)c1C=N. The summed E-state index contributed by atoms with van der Waals surface area (Å²) in [6.45, 7) is 6.01. The van der Waals surface area contributed by atoms with Crippen LogP contribution in [0.15, 0.2) is 6.20 Å². The molecule has 0 amide bonds. The van der Waals surface area contributed by atoms with Crippen LogP contribution in [0.25, 0.3) is 11.3 Å². The van der Waals surface area contributed by atoms with Gasteiger partial charge in [0.25, 0.3) is 0 Å². The van der Waals surface area contributed by atoms with Crippen molar-refractivity contribution in [3.05, 3.63) is 17.5 Å². The van der Waals surface area contributed by atoms with Crippen molar-refractivity contribution in [2.75, 3.05) is 55.5 Å². The molecule has 0 aromatic carbocycles. The molecular weight excluding hydrogens is 372 g/mol. The van der Waals surface area contributed by atoms with E-state index in [-0.39, 0.29) is 12.0 Å². The molecule has 0 bridgehead atoms.